The molecule has 3 atom stereocenters. The fourth-order valence-corrected chi connectivity index (χ4v) is 2.87. The van der Waals surface area contributed by atoms with Crippen LogP contribution in [0.1, 0.15) is 27.2 Å². The summed E-state index contributed by atoms with van der Waals surface area (Å²) in [7, 11) is -4.13. The highest BCUT2D eigenvalue weighted by atomic mass is 32.2. The molecule has 0 aromatic rings. The van der Waals surface area contributed by atoms with Gasteiger partial charge in [0.1, 0.15) is 19.3 Å². The molecule has 0 fully saturated rings. The Bertz CT molecular complexity index is 609. The van der Waals surface area contributed by atoms with Crippen LogP contribution in [0.15, 0.2) is 0 Å². The monoisotopic (exact) mass is 443 g/mol. The molecule has 1 amide bonds. The first-order valence-electron chi connectivity index (χ1n) is 8.77. The standard InChI is InChI=1S/C16H29NO9S2/c1-4-11(2)16(21)26-8-13(18)7-25-14(19)10-27-9-12(3)15(20)17-5-6-28(22,23)24/h11-13,18H,4-10H2,1-3H3,(H,17,20)(H,22,23,24). The van der Waals surface area contributed by atoms with E-state index in [0.29, 0.717) is 12.2 Å². The molecule has 0 saturated carbocycles. The lowest BCUT2D eigenvalue weighted by Crippen LogP contribution is -2.34. The van der Waals surface area contributed by atoms with Crippen LogP contribution < -0.4 is 5.32 Å². The lowest BCUT2D eigenvalue weighted by Gasteiger charge is -2.14. The van der Waals surface area contributed by atoms with Gasteiger partial charge in [-0.15, -0.1) is 11.8 Å². The number of aliphatic hydroxyl groups excluding tert-OH is 1. The van der Waals surface area contributed by atoms with E-state index in [4.69, 9.17) is 14.0 Å². The molecule has 0 spiro atoms. The van der Waals surface area contributed by atoms with Crippen LogP contribution in [0.25, 0.3) is 0 Å². The van der Waals surface area contributed by atoms with E-state index in [1.807, 2.05) is 6.92 Å². The molecule has 10 nitrogen and oxygen atoms in total. The third kappa shape index (κ3) is 13.7. The lowest BCUT2D eigenvalue weighted by molar-refractivity contribution is -0.154. The van der Waals surface area contributed by atoms with Crippen molar-refractivity contribution in [3.8, 4) is 0 Å². The number of carbonyl (C=O) groups excluding carboxylic acids is 3. The van der Waals surface area contributed by atoms with Crippen molar-refractivity contribution >= 4 is 39.7 Å². The van der Waals surface area contributed by atoms with Crippen molar-refractivity contribution in [1.29, 1.82) is 0 Å². The van der Waals surface area contributed by atoms with E-state index < -0.39 is 45.7 Å². The number of esters is 2. The number of hydrogen-bond acceptors (Lipinski definition) is 9. The van der Waals surface area contributed by atoms with Crippen molar-refractivity contribution in [3.05, 3.63) is 0 Å². The van der Waals surface area contributed by atoms with E-state index in [1.165, 1.54) is 0 Å². The summed E-state index contributed by atoms with van der Waals surface area (Å²) in [5.41, 5.74) is 0. The van der Waals surface area contributed by atoms with Crippen LogP contribution in [-0.4, -0.2) is 79.0 Å². The zero-order valence-electron chi connectivity index (χ0n) is 16.3. The van der Waals surface area contributed by atoms with Crippen LogP contribution in [0.5, 0.6) is 0 Å². The average Bonchev–Trinajstić information content (AvgIpc) is 2.62. The minimum Gasteiger partial charge on any atom is -0.463 e. The maximum absolute atomic E-state index is 11.7. The van der Waals surface area contributed by atoms with E-state index in [1.54, 1.807) is 13.8 Å². The Kier molecular flexibility index (Phi) is 13.1. The largest absolute Gasteiger partial charge is 0.463 e. The van der Waals surface area contributed by atoms with Gasteiger partial charge in [-0.2, -0.15) is 8.42 Å². The van der Waals surface area contributed by atoms with Gasteiger partial charge < -0.3 is 19.9 Å². The molecular formula is C16H29NO9S2. The summed E-state index contributed by atoms with van der Waals surface area (Å²) in [6.45, 7) is 4.39. The first-order chi connectivity index (χ1) is 13.0. The first-order valence-corrected chi connectivity index (χ1v) is 11.5. The Morgan fingerprint density at radius 2 is 1.71 bits per heavy atom. The normalized spacial score (nSPS) is 14.6. The molecule has 0 saturated heterocycles. The second-order valence-electron chi connectivity index (χ2n) is 6.27. The van der Waals surface area contributed by atoms with E-state index in [9.17, 15) is 27.9 Å². The molecule has 0 aromatic heterocycles. The number of amides is 1. The van der Waals surface area contributed by atoms with E-state index in [0.717, 1.165) is 11.8 Å². The molecule has 0 aliphatic rings. The predicted octanol–water partition coefficient (Wildman–Crippen LogP) is -0.147. The van der Waals surface area contributed by atoms with Crippen LogP contribution in [-0.2, 0) is 34.0 Å². The van der Waals surface area contributed by atoms with E-state index in [-0.39, 0.29) is 31.4 Å². The number of thioether (sulfide) groups is 1. The van der Waals surface area contributed by atoms with Gasteiger partial charge in [0.15, 0.2) is 0 Å². The van der Waals surface area contributed by atoms with Gasteiger partial charge in [0.2, 0.25) is 5.91 Å². The number of aliphatic hydroxyl groups is 1. The summed E-state index contributed by atoms with van der Waals surface area (Å²) in [5.74, 6) is -2.47. The van der Waals surface area contributed by atoms with Gasteiger partial charge in [0, 0.05) is 18.2 Å². The van der Waals surface area contributed by atoms with Crippen molar-refractivity contribution < 1.29 is 41.9 Å². The fraction of sp³-hybridized carbons (Fsp3) is 0.812. The number of hydrogen-bond donors (Lipinski definition) is 3. The molecule has 3 unspecified atom stereocenters. The molecule has 0 bridgehead atoms. The van der Waals surface area contributed by atoms with Gasteiger partial charge >= 0.3 is 11.9 Å². The van der Waals surface area contributed by atoms with E-state index >= 15 is 0 Å². The lowest BCUT2D eigenvalue weighted by atomic mass is 10.1. The molecule has 28 heavy (non-hydrogen) atoms. The zero-order valence-corrected chi connectivity index (χ0v) is 17.9. The Labute approximate surface area is 169 Å². The van der Waals surface area contributed by atoms with Crippen molar-refractivity contribution in [3.63, 3.8) is 0 Å². The zero-order chi connectivity index (χ0) is 21.7. The summed E-state index contributed by atoms with van der Waals surface area (Å²) < 4.78 is 39.5. The molecule has 0 heterocycles. The van der Waals surface area contributed by atoms with Crippen LogP contribution in [0.2, 0.25) is 0 Å². The number of rotatable bonds is 14. The second-order valence-corrected chi connectivity index (χ2v) is 8.87. The first kappa shape index (κ1) is 26.6. The van der Waals surface area contributed by atoms with Crippen LogP contribution in [0.3, 0.4) is 0 Å². The van der Waals surface area contributed by atoms with Gasteiger partial charge in [0.25, 0.3) is 10.1 Å². The number of nitrogens with one attached hydrogen (secondary N) is 1. The maximum Gasteiger partial charge on any atom is 0.315 e. The van der Waals surface area contributed by atoms with Gasteiger partial charge in [-0.1, -0.05) is 20.8 Å². The Hall–Kier alpha value is -1.37. The minimum absolute atomic E-state index is 0.0397. The summed E-state index contributed by atoms with van der Waals surface area (Å²) in [6.07, 6.45) is -0.493. The highest BCUT2D eigenvalue weighted by Crippen LogP contribution is 2.09. The second kappa shape index (κ2) is 13.7. The Morgan fingerprint density at radius 3 is 2.29 bits per heavy atom. The topological polar surface area (TPSA) is 156 Å². The molecule has 0 aromatic carbocycles. The summed E-state index contributed by atoms with van der Waals surface area (Å²) in [6, 6.07) is 0. The van der Waals surface area contributed by atoms with Crippen LogP contribution in [0, 0.1) is 11.8 Å². The average molecular weight is 444 g/mol. The highest BCUT2D eigenvalue weighted by Gasteiger charge is 2.17. The third-order valence-corrected chi connectivity index (χ3v) is 5.46. The summed E-state index contributed by atoms with van der Waals surface area (Å²) >= 11 is 1.14. The van der Waals surface area contributed by atoms with Crippen molar-refractivity contribution in [2.24, 2.45) is 11.8 Å². The molecule has 164 valence electrons. The van der Waals surface area contributed by atoms with E-state index in [2.05, 4.69) is 5.32 Å². The molecule has 0 rings (SSSR count). The molecule has 0 aliphatic heterocycles. The maximum atomic E-state index is 11.7. The predicted molar refractivity (Wildman–Crippen MR) is 103 cm³/mol. The molecule has 0 aliphatic carbocycles. The van der Waals surface area contributed by atoms with Gasteiger partial charge in [0.05, 0.1) is 17.4 Å². The smallest absolute Gasteiger partial charge is 0.315 e. The van der Waals surface area contributed by atoms with Crippen molar-refractivity contribution in [2.75, 3.05) is 37.0 Å². The number of carbonyl (C=O) groups is 3. The minimum atomic E-state index is -4.13. The molecular weight excluding hydrogens is 414 g/mol. The Morgan fingerprint density at radius 1 is 1.11 bits per heavy atom. The van der Waals surface area contributed by atoms with Gasteiger partial charge in [-0.05, 0) is 6.42 Å². The van der Waals surface area contributed by atoms with Gasteiger partial charge in [-0.3, -0.25) is 18.9 Å². The van der Waals surface area contributed by atoms with Crippen molar-refractivity contribution in [2.45, 2.75) is 33.3 Å². The SMILES string of the molecule is CCC(C)C(=O)OCC(O)COC(=O)CSCC(C)C(=O)NCCS(=O)(=O)O. The van der Waals surface area contributed by atoms with Gasteiger partial charge in [-0.25, -0.2) is 0 Å². The molecule has 3 N–H and O–H groups in total. The van der Waals surface area contributed by atoms with Crippen molar-refractivity contribution in [1.82, 2.24) is 5.32 Å². The molecule has 12 heteroatoms. The van der Waals surface area contributed by atoms with Crippen LogP contribution >= 0.6 is 11.8 Å². The highest BCUT2D eigenvalue weighted by molar-refractivity contribution is 7.99. The third-order valence-electron chi connectivity index (χ3n) is 3.56. The fourth-order valence-electron chi connectivity index (χ4n) is 1.64. The van der Waals surface area contributed by atoms with Crippen LogP contribution in [0.4, 0.5) is 0 Å². The summed E-state index contributed by atoms with van der Waals surface area (Å²) in [4.78, 5) is 34.8. The Balaban J connectivity index is 3.91. The quantitative estimate of drug-likeness (QED) is 0.244. The molecule has 0 radical (unpaired) electrons. The number of ether oxygens (including phenoxy) is 2. The summed E-state index contributed by atoms with van der Waals surface area (Å²) in [5, 5.41) is 12.0.